The summed E-state index contributed by atoms with van der Waals surface area (Å²) in [5, 5.41) is 5.75. The average molecular weight is 335 g/mol. The van der Waals surface area contributed by atoms with E-state index in [0.29, 0.717) is 6.04 Å². The van der Waals surface area contributed by atoms with Crippen LogP contribution in [0, 0.1) is 20.8 Å². The van der Waals surface area contributed by atoms with Crippen molar-refractivity contribution >= 4 is 10.9 Å². The van der Waals surface area contributed by atoms with Gasteiger partial charge in [-0.25, -0.2) is 9.97 Å². The van der Waals surface area contributed by atoms with Crippen LogP contribution in [0.2, 0.25) is 0 Å². The van der Waals surface area contributed by atoms with Gasteiger partial charge in [0.15, 0.2) is 0 Å². The maximum Gasteiger partial charge on any atom is 0.143 e. The molecule has 5 nitrogen and oxygen atoms in total. The van der Waals surface area contributed by atoms with Crippen molar-refractivity contribution in [2.75, 3.05) is 6.54 Å². The summed E-state index contributed by atoms with van der Waals surface area (Å²) in [6.07, 6.45) is 2.39. The third kappa shape index (κ3) is 2.82. The van der Waals surface area contributed by atoms with Crippen molar-refractivity contribution in [1.29, 1.82) is 0 Å². The monoisotopic (exact) mass is 335 g/mol. The molecule has 5 heteroatoms. The van der Waals surface area contributed by atoms with Gasteiger partial charge in [-0.1, -0.05) is 18.2 Å². The smallest absolute Gasteiger partial charge is 0.143 e. The Morgan fingerprint density at radius 1 is 1.08 bits per heavy atom. The normalized spacial score (nSPS) is 18.3. The van der Waals surface area contributed by atoms with Gasteiger partial charge in [-0.3, -0.25) is 9.58 Å². The van der Waals surface area contributed by atoms with Gasteiger partial charge < -0.3 is 0 Å². The van der Waals surface area contributed by atoms with Crippen LogP contribution in [0.4, 0.5) is 0 Å². The molecule has 0 saturated carbocycles. The zero-order chi connectivity index (χ0) is 17.6. The number of aryl methyl sites for hydroxylation is 3. The first-order chi connectivity index (χ1) is 12.0. The minimum Gasteiger partial charge on any atom is -0.289 e. The molecule has 0 amide bonds. The molecule has 130 valence electrons. The fourth-order valence-electron chi connectivity index (χ4n) is 4.16. The van der Waals surface area contributed by atoms with E-state index in [1.165, 1.54) is 24.1 Å². The van der Waals surface area contributed by atoms with Crippen LogP contribution in [0.15, 0.2) is 24.3 Å². The zero-order valence-corrected chi connectivity index (χ0v) is 15.5. The Hall–Kier alpha value is -2.27. The fourth-order valence-corrected chi connectivity index (χ4v) is 4.16. The van der Waals surface area contributed by atoms with E-state index < -0.39 is 0 Å². The van der Waals surface area contributed by atoms with Crippen LogP contribution in [0.1, 0.15) is 47.4 Å². The van der Waals surface area contributed by atoms with Gasteiger partial charge in [-0.15, -0.1) is 0 Å². The SMILES string of the molecule is Cc1nn(C)c(C)c1[C@H]1CCCN1Cc1nc(C)c2ccccc2n1. The van der Waals surface area contributed by atoms with Crippen molar-refractivity contribution in [2.24, 2.45) is 7.05 Å². The summed E-state index contributed by atoms with van der Waals surface area (Å²) in [6, 6.07) is 8.67. The molecule has 0 spiro atoms. The maximum absolute atomic E-state index is 4.80. The Morgan fingerprint density at radius 2 is 1.88 bits per heavy atom. The minimum atomic E-state index is 0.420. The first-order valence-corrected chi connectivity index (χ1v) is 9.01. The molecule has 25 heavy (non-hydrogen) atoms. The van der Waals surface area contributed by atoms with E-state index in [1.54, 1.807) is 0 Å². The van der Waals surface area contributed by atoms with E-state index in [4.69, 9.17) is 9.97 Å². The molecular formula is C20H25N5. The minimum absolute atomic E-state index is 0.420. The molecule has 1 aliphatic heterocycles. The average Bonchev–Trinajstić information content (AvgIpc) is 3.12. The second-order valence-electron chi connectivity index (χ2n) is 7.08. The fraction of sp³-hybridized carbons (Fsp3) is 0.450. The van der Waals surface area contributed by atoms with E-state index >= 15 is 0 Å². The molecule has 1 fully saturated rings. The van der Waals surface area contributed by atoms with Gasteiger partial charge in [0.25, 0.3) is 0 Å². The van der Waals surface area contributed by atoms with Crippen LogP contribution in [0.25, 0.3) is 10.9 Å². The van der Waals surface area contributed by atoms with Gasteiger partial charge in [-0.2, -0.15) is 5.10 Å². The third-order valence-electron chi connectivity index (χ3n) is 5.45. The molecule has 0 aliphatic carbocycles. The Balaban J connectivity index is 1.66. The van der Waals surface area contributed by atoms with Gasteiger partial charge in [0.2, 0.25) is 0 Å². The third-order valence-corrected chi connectivity index (χ3v) is 5.45. The number of benzene rings is 1. The lowest BCUT2D eigenvalue weighted by Gasteiger charge is -2.24. The molecule has 1 aliphatic rings. The largest absolute Gasteiger partial charge is 0.289 e. The quantitative estimate of drug-likeness (QED) is 0.733. The first-order valence-electron chi connectivity index (χ1n) is 9.01. The van der Waals surface area contributed by atoms with Crippen molar-refractivity contribution < 1.29 is 0 Å². The number of hydrogen-bond acceptors (Lipinski definition) is 4. The van der Waals surface area contributed by atoms with Crippen molar-refractivity contribution in [3.63, 3.8) is 0 Å². The summed E-state index contributed by atoms with van der Waals surface area (Å²) >= 11 is 0. The summed E-state index contributed by atoms with van der Waals surface area (Å²) in [5.74, 6) is 0.919. The molecule has 0 unspecified atom stereocenters. The second kappa shape index (κ2) is 6.23. The molecule has 3 heterocycles. The molecule has 4 rings (SSSR count). The van der Waals surface area contributed by atoms with Crippen molar-refractivity contribution in [3.8, 4) is 0 Å². The highest BCUT2D eigenvalue weighted by Crippen LogP contribution is 2.36. The summed E-state index contributed by atoms with van der Waals surface area (Å²) in [4.78, 5) is 12.1. The highest BCUT2D eigenvalue weighted by Gasteiger charge is 2.30. The van der Waals surface area contributed by atoms with Gasteiger partial charge in [-0.05, 0) is 46.2 Å². The summed E-state index contributed by atoms with van der Waals surface area (Å²) < 4.78 is 2.00. The van der Waals surface area contributed by atoms with Crippen LogP contribution < -0.4 is 0 Å². The predicted molar refractivity (Wildman–Crippen MR) is 99.3 cm³/mol. The topological polar surface area (TPSA) is 46.8 Å². The van der Waals surface area contributed by atoms with Crippen LogP contribution in [0.5, 0.6) is 0 Å². The van der Waals surface area contributed by atoms with Gasteiger partial charge >= 0.3 is 0 Å². The lowest BCUT2D eigenvalue weighted by Crippen LogP contribution is -2.25. The number of hydrogen-bond donors (Lipinski definition) is 0. The van der Waals surface area contributed by atoms with E-state index in [9.17, 15) is 0 Å². The lowest BCUT2D eigenvalue weighted by molar-refractivity contribution is 0.241. The number of likely N-dealkylation sites (tertiary alicyclic amines) is 1. The number of aromatic nitrogens is 4. The Morgan fingerprint density at radius 3 is 2.64 bits per heavy atom. The Kier molecular flexibility index (Phi) is 4.04. The van der Waals surface area contributed by atoms with E-state index in [0.717, 1.165) is 41.2 Å². The van der Waals surface area contributed by atoms with E-state index in [1.807, 2.05) is 23.9 Å². The number of nitrogens with zero attached hydrogens (tertiary/aromatic N) is 5. The number of rotatable bonds is 3. The molecule has 1 aromatic carbocycles. The highest BCUT2D eigenvalue weighted by molar-refractivity contribution is 5.80. The molecule has 1 saturated heterocycles. The first kappa shape index (κ1) is 16.2. The van der Waals surface area contributed by atoms with Crippen LogP contribution in [-0.2, 0) is 13.6 Å². The molecule has 3 aromatic rings. The van der Waals surface area contributed by atoms with Crippen molar-refractivity contribution in [1.82, 2.24) is 24.6 Å². The predicted octanol–water partition coefficient (Wildman–Crippen LogP) is 3.63. The van der Waals surface area contributed by atoms with E-state index in [2.05, 4.69) is 42.9 Å². The van der Waals surface area contributed by atoms with Crippen LogP contribution in [0.3, 0.4) is 0 Å². The number of para-hydroxylation sites is 1. The van der Waals surface area contributed by atoms with Gasteiger partial charge in [0.1, 0.15) is 5.82 Å². The zero-order valence-electron chi connectivity index (χ0n) is 15.5. The second-order valence-corrected chi connectivity index (χ2v) is 7.08. The molecule has 0 radical (unpaired) electrons. The van der Waals surface area contributed by atoms with Crippen LogP contribution in [-0.4, -0.2) is 31.2 Å². The van der Waals surface area contributed by atoms with E-state index in [-0.39, 0.29) is 0 Å². The summed E-state index contributed by atoms with van der Waals surface area (Å²) in [7, 11) is 2.03. The molecule has 0 N–H and O–H groups in total. The molecular weight excluding hydrogens is 310 g/mol. The van der Waals surface area contributed by atoms with Gasteiger partial charge in [0.05, 0.1) is 17.8 Å². The maximum atomic E-state index is 4.80. The van der Waals surface area contributed by atoms with Crippen molar-refractivity contribution in [2.45, 2.75) is 46.2 Å². The van der Waals surface area contributed by atoms with Crippen LogP contribution >= 0.6 is 0 Å². The molecule has 2 aromatic heterocycles. The molecule has 0 bridgehead atoms. The number of fused-ring (bicyclic) bond motifs is 1. The lowest BCUT2D eigenvalue weighted by atomic mass is 10.0. The van der Waals surface area contributed by atoms with Gasteiger partial charge in [0, 0.05) is 35.4 Å². The summed E-state index contributed by atoms with van der Waals surface area (Å²) in [6.45, 7) is 8.25. The van der Waals surface area contributed by atoms with Crippen molar-refractivity contribution in [3.05, 3.63) is 52.7 Å². The highest BCUT2D eigenvalue weighted by atomic mass is 15.3. The standard InChI is InChI=1S/C20H25N5/c1-13-16-8-5-6-9-17(16)22-19(21-13)12-25-11-7-10-18(25)20-14(2)23-24(4)15(20)3/h5-6,8-9,18H,7,10-12H2,1-4H3/t18-/m1/s1. The summed E-state index contributed by atoms with van der Waals surface area (Å²) in [5.41, 5.74) is 5.90. The Labute approximate surface area is 148 Å². The Bertz CT molecular complexity index is 927. The molecule has 1 atom stereocenters.